The number of nitrogens with one attached hydrogen (secondary N) is 1. The summed E-state index contributed by atoms with van der Waals surface area (Å²) in [6, 6.07) is 7.69. The van der Waals surface area contributed by atoms with Gasteiger partial charge in [0.15, 0.2) is 0 Å². The topological polar surface area (TPSA) is 21.3 Å². The molecule has 1 fully saturated rings. The molecule has 1 atom stereocenters. The summed E-state index contributed by atoms with van der Waals surface area (Å²) in [5.74, 6) is 1.05. The maximum Gasteiger partial charge on any atom is 0.387 e. The molecule has 2 rings (SSSR count). The molecule has 20 heavy (non-hydrogen) atoms. The molecule has 1 aliphatic rings. The van der Waals surface area contributed by atoms with E-state index < -0.39 is 6.61 Å². The molecule has 2 nitrogen and oxygen atoms in total. The van der Waals surface area contributed by atoms with E-state index in [-0.39, 0.29) is 11.8 Å². The van der Waals surface area contributed by atoms with Crippen LogP contribution in [0.4, 0.5) is 8.78 Å². The Morgan fingerprint density at radius 2 is 1.70 bits per heavy atom. The second-order valence-electron chi connectivity index (χ2n) is 5.79. The largest absolute Gasteiger partial charge is 0.435 e. The van der Waals surface area contributed by atoms with Crippen molar-refractivity contribution in [3.63, 3.8) is 0 Å². The molecular weight excluding hydrogens is 260 g/mol. The highest BCUT2D eigenvalue weighted by atomic mass is 19.3. The lowest BCUT2D eigenvalue weighted by Crippen LogP contribution is -2.34. The second-order valence-corrected chi connectivity index (χ2v) is 5.79. The predicted octanol–water partition coefficient (Wildman–Crippen LogP) is 4.52. The lowest BCUT2D eigenvalue weighted by atomic mass is 9.87. The van der Waals surface area contributed by atoms with E-state index in [2.05, 4.69) is 23.9 Å². The molecule has 0 heterocycles. The first kappa shape index (κ1) is 15.2. The van der Waals surface area contributed by atoms with E-state index in [1.807, 2.05) is 12.1 Å². The number of rotatable bonds is 5. The number of alkyl halides is 2. The molecule has 1 aliphatic carbocycles. The summed E-state index contributed by atoms with van der Waals surface area (Å²) in [5.41, 5.74) is 1.10. The van der Waals surface area contributed by atoms with E-state index in [1.165, 1.54) is 25.7 Å². The Morgan fingerprint density at radius 1 is 1.10 bits per heavy atom. The Balaban J connectivity index is 1.87. The average molecular weight is 283 g/mol. The minimum absolute atomic E-state index is 0.211. The molecule has 0 aromatic heterocycles. The van der Waals surface area contributed by atoms with Crippen LogP contribution in [0.25, 0.3) is 0 Å². The number of hydrogen-bond donors (Lipinski definition) is 1. The van der Waals surface area contributed by atoms with Gasteiger partial charge in [0.05, 0.1) is 0 Å². The van der Waals surface area contributed by atoms with Crippen molar-refractivity contribution < 1.29 is 13.5 Å². The summed E-state index contributed by atoms with van der Waals surface area (Å²) in [4.78, 5) is 0. The van der Waals surface area contributed by atoms with Gasteiger partial charge in [-0.15, -0.1) is 0 Å². The van der Waals surface area contributed by atoms with Crippen molar-refractivity contribution in [2.75, 3.05) is 0 Å². The molecule has 0 amide bonds. The van der Waals surface area contributed by atoms with Crippen LogP contribution in [0.5, 0.6) is 5.75 Å². The summed E-state index contributed by atoms with van der Waals surface area (Å²) in [5, 5.41) is 3.63. The van der Waals surface area contributed by atoms with Crippen molar-refractivity contribution in [1.82, 2.24) is 5.32 Å². The van der Waals surface area contributed by atoms with E-state index in [9.17, 15) is 8.78 Å². The van der Waals surface area contributed by atoms with Crippen LogP contribution in [-0.4, -0.2) is 12.7 Å². The third kappa shape index (κ3) is 4.44. The molecule has 1 aromatic rings. The minimum atomic E-state index is -2.76. The van der Waals surface area contributed by atoms with Crippen LogP contribution in [0.1, 0.15) is 51.1 Å². The Kier molecular flexibility index (Phi) is 5.35. The molecule has 1 aromatic carbocycles. The van der Waals surface area contributed by atoms with Crippen LogP contribution in [0.2, 0.25) is 0 Å². The Labute approximate surface area is 119 Å². The van der Waals surface area contributed by atoms with Gasteiger partial charge in [-0.3, -0.25) is 0 Å². The van der Waals surface area contributed by atoms with Gasteiger partial charge in [-0.2, -0.15) is 8.78 Å². The average Bonchev–Trinajstić information content (AvgIpc) is 2.41. The molecule has 4 heteroatoms. The highest BCUT2D eigenvalue weighted by Gasteiger charge is 2.19. The summed E-state index contributed by atoms with van der Waals surface area (Å²) >= 11 is 0. The van der Waals surface area contributed by atoms with E-state index in [1.54, 1.807) is 12.1 Å². The highest BCUT2D eigenvalue weighted by molar-refractivity contribution is 5.29. The van der Waals surface area contributed by atoms with E-state index in [0.29, 0.717) is 6.04 Å². The Hall–Kier alpha value is -1.16. The first-order valence-corrected chi connectivity index (χ1v) is 7.35. The van der Waals surface area contributed by atoms with Gasteiger partial charge in [0.2, 0.25) is 0 Å². The van der Waals surface area contributed by atoms with Gasteiger partial charge >= 0.3 is 6.61 Å². The Bertz CT molecular complexity index is 399. The van der Waals surface area contributed by atoms with Gasteiger partial charge in [-0.1, -0.05) is 19.1 Å². The van der Waals surface area contributed by atoms with Crippen LogP contribution in [0.15, 0.2) is 24.3 Å². The Morgan fingerprint density at radius 3 is 2.25 bits per heavy atom. The molecule has 0 bridgehead atoms. The van der Waals surface area contributed by atoms with Crippen LogP contribution >= 0.6 is 0 Å². The van der Waals surface area contributed by atoms with Gasteiger partial charge in [-0.05, 0) is 56.2 Å². The number of halogens is 2. The van der Waals surface area contributed by atoms with Crippen molar-refractivity contribution in [2.24, 2.45) is 5.92 Å². The van der Waals surface area contributed by atoms with Crippen molar-refractivity contribution >= 4 is 0 Å². The first-order valence-electron chi connectivity index (χ1n) is 7.35. The molecule has 0 aliphatic heterocycles. The van der Waals surface area contributed by atoms with Gasteiger partial charge in [-0.25, -0.2) is 0 Å². The zero-order valence-corrected chi connectivity index (χ0v) is 12.1. The van der Waals surface area contributed by atoms with E-state index in [4.69, 9.17) is 0 Å². The zero-order chi connectivity index (χ0) is 14.5. The molecule has 112 valence electrons. The molecule has 0 radical (unpaired) electrons. The summed E-state index contributed by atoms with van der Waals surface area (Å²) in [6.45, 7) is 1.66. The van der Waals surface area contributed by atoms with Gasteiger partial charge in [0.25, 0.3) is 0 Å². The fourth-order valence-corrected chi connectivity index (χ4v) is 2.81. The smallest absolute Gasteiger partial charge is 0.387 e. The molecular formula is C16H23F2NO. The molecule has 1 N–H and O–H groups in total. The first-order chi connectivity index (χ1) is 9.54. The van der Waals surface area contributed by atoms with Crippen molar-refractivity contribution in [3.05, 3.63) is 29.8 Å². The van der Waals surface area contributed by atoms with Crippen molar-refractivity contribution in [2.45, 2.75) is 58.2 Å². The normalized spacial score (nSPS) is 24.6. The summed E-state index contributed by atoms with van der Waals surface area (Å²) in [6.07, 6.45) is 5.01. The fourth-order valence-electron chi connectivity index (χ4n) is 2.81. The second kappa shape index (κ2) is 7.02. The van der Waals surface area contributed by atoms with Crippen LogP contribution in [0, 0.1) is 5.92 Å². The maximum absolute atomic E-state index is 12.1. The van der Waals surface area contributed by atoms with Gasteiger partial charge in [0.1, 0.15) is 5.75 Å². The van der Waals surface area contributed by atoms with Crippen molar-refractivity contribution in [3.8, 4) is 5.75 Å². The number of benzene rings is 1. The lowest BCUT2D eigenvalue weighted by Gasteiger charge is -2.29. The summed E-state index contributed by atoms with van der Waals surface area (Å²) in [7, 11) is 0. The number of ether oxygens (including phenoxy) is 1. The van der Waals surface area contributed by atoms with Gasteiger partial charge < -0.3 is 10.1 Å². The fraction of sp³-hybridized carbons (Fsp3) is 0.625. The number of hydrogen-bond acceptors (Lipinski definition) is 2. The molecule has 1 saturated carbocycles. The highest BCUT2D eigenvalue weighted by Crippen LogP contribution is 2.26. The third-order valence-electron chi connectivity index (χ3n) is 4.11. The predicted molar refractivity (Wildman–Crippen MR) is 76.0 cm³/mol. The van der Waals surface area contributed by atoms with Crippen LogP contribution in [0.3, 0.4) is 0 Å². The van der Waals surface area contributed by atoms with Crippen LogP contribution < -0.4 is 10.1 Å². The SMILES string of the molecule is CC1CCC(NC(C)c2ccc(OC(F)F)cc2)CC1. The molecule has 1 unspecified atom stereocenters. The summed E-state index contributed by atoms with van der Waals surface area (Å²) < 4.78 is 28.5. The van der Waals surface area contributed by atoms with E-state index in [0.717, 1.165) is 11.5 Å². The van der Waals surface area contributed by atoms with E-state index >= 15 is 0 Å². The van der Waals surface area contributed by atoms with Crippen molar-refractivity contribution in [1.29, 1.82) is 0 Å². The quantitative estimate of drug-likeness (QED) is 0.858. The van der Waals surface area contributed by atoms with Gasteiger partial charge in [0, 0.05) is 12.1 Å². The third-order valence-corrected chi connectivity index (χ3v) is 4.11. The zero-order valence-electron chi connectivity index (χ0n) is 12.1. The molecule has 0 saturated heterocycles. The lowest BCUT2D eigenvalue weighted by molar-refractivity contribution is -0.0498. The minimum Gasteiger partial charge on any atom is -0.435 e. The maximum atomic E-state index is 12.1. The monoisotopic (exact) mass is 283 g/mol. The molecule has 0 spiro atoms. The van der Waals surface area contributed by atoms with Crippen LogP contribution in [-0.2, 0) is 0 Å². The standard InChI is InChI=1S/C16H23F2NO/c1-11-3-7-14(8-4-11)19-12(2)13-5-9-15(10-6-13)20-16(17)18/h5-6,9-12,14,16,19H,3-4,7-8H2,1-2H3.